The molecule has 1 heterocycles. The van der Waals surface area contributed by atoms with Gasteiger partial charge in [-0.2, -0.15) is 0 Å². The van der Waals surface area contributed by atoms with Crippen LogP contribution < -0.4 is 0 Å². The Morgan fingerprint density at radius 2 is 1.95 bits per heavy atom. The third kappa shape index (κ3) is 3.01. The van der Waals surface area contributed by atoms with Gasteiger partial charge in [-0.05, 0) is 30.4 Å². The van der Waals surface area contributed by atoms with E-state index >= 15 is 0 Å². The molecule has 100 valence electrons. The molecule has 1 fully saturated rings. The molecule has 0 spiro atoms. The summed E-state index contributed by atoms with van der Waals surface area (Å²) in [6.07, 6.45) is 2.31. The maximum Gasteiger partial charge on any atom is 0.163 e. The van der Waals surface area contributed by atoms with E-state index < -0.39 is 11.6 Å². The van der Waals surface area contributed by atoms with Crippen LogP contribution in [0.5, 0.6) is 0 Å². The van der Waals surface area contributed by atoms with Crippen LogP contribution in [0.25, 0.3) is 0 Å². The molecule has 4 heteroatoms. The number of halogens is 2. The van der Waals surface area contributed by atoms with Gasteiger partial charge in [-0.1, -0.05) is 18.2 Å². The van der Waals surface area contributed by atoms with Crippen LogP contribution >= 0.6 is 11.3 Å². The summed E-state index contributed by atoms with van der Waals surface area (Å²) in [6, 6.07) is 9.03. The second kappa shape index (κ2) is 5.39. The normalized spacial score (nSPS) is 15.1. The molecule has 0 N–H and O–H groups in total. The summed E-state index contributed by atoms with van der Waals surface area (Å²) in [5.74, 6) is -1.47. The van der Waals surface area contributed by atoms with Gasteiger partial charge < -0.3 is 0 Å². The highest BCUT2D eigenvalue weighted by Crippen LogP contribution is 2.31. The molecule has 0 aliphatic heterocycles. The Morgan fingerprint density at radius 1 is 1.11 bits per heavy atom. The summed E-state index contributed by atoms with van der Waals surface area (Å²) in [7, 11) is 0. The molecule has 1 aromatic heterocycles. The molecule has 0 saturated heterocycles. The summed E-state index contributed by atoms with van der Waals surface area (Å²) in [5.41, 5.74) is 0.448. The Balaban J connectivity index is 1.76. The zero-order chi connectivity index (χ0) is 13.2. The van der Waals surface area contributed by atoms with E-state index in [9.17, 15) is 8.78 Å². The molecule has 3 rings (SSSR count). The third-order valence-corrected chi connectivity index (χ3v) is 4.27. The van der Waals surface area contributed by atoms with Gasteiger partial charge in [0.05, 0.1) is 0 Å². The van der Waals surface area contributed by atoms with Gasteiger partial charge in [0.1, 0.15) is 0 Å². The van der Waals surface area contributed by atoms with Gasteiger partial charge >= 0.3 is 0 Å². The van der Waals surface area contributed by atoms with Crippen molar-refractivity contribution in [3.8, 4) is 0 Å². The monoisotopic (exact) mass is 279 g/mol. The van der Waals surface area contributed by atoms with Crippen molar-refractivity contribution in [2.24, 2.45) is 0 Å². The van der Waals surface area contributed by atoms with Crippen molar-refractivity contribution < 1.29 is 8.78 Å². The molecule has 0 radical (unpaired) electrons. The molecule has 0 atom stereocenters. The number of hydrogen-bond acceptors (Lipinski definition) is 2. The molecule has 1 aromatic carbocycles. The minimum absolute atomic E-state index is 0.448. The van der Waals surface area contributed by atoms with Crippen LogP contribution in [0, 0.1) is 11.6 Å². The number of hydrogen-bond donors (Lipinski definition) is 0. The largest absolute Gasteiger partial charge is 0.291 e. The van der Waals surface area contributed by atoms with E-state index in [2.05, 4.69) is 11.0 Å². The van der Waals surface area contributed by atoms with E-state index in [4.69, 9.17) is 0 Å². The zero-order valence-electron chi connectivity index (χ0n) is 10.5. The van der Waals surface area contributed by atoms with E-state index in [1.807, 2.05) is 11.4 Å². The Labute approximate surface area is 115 Å². The predicted molar refractivity (Wildman–Crippen MR) is 72.9 cm³/mol. The zero-order valence-corrected chi connectivity index (χ0v) is 11.3. The molecule has 0 unspecified atom stereocenters. The van der Waals surface area contributed by atoms with Crippen LogP contribution in [0.4, 0.5) is 8.78 Å². The lowest BCUT2D eigenvalue weighted by Gasteiger charge is -2.21. The van der Waals surface area contributed by atoms with E-state index in [1.54, 1.807) is 23.5 Å². The SMILES string of the molecule is Fc1cccc(CN(Cc2cccs2)C2CC2)c1F. The van der Waals surface area contributed by atoms with Crippen molar-refractivity contribution in [3.05, 3.63) is 57.8 Å². The van der Waals surface area contributed by atoms with E-state index in [0.717, 1.165) is 19.4 Å². The van der Waals surface area contributed by atoms with Gasteiger partial charge in [0.2, 0.25) is 0 Å². The van der Waals surface area contributed by atoms with Gasteiger partial charge in [-0.25, -0.2) is 8.78 Å². The fourth-order valence-electron chi connectivity index (χ4n) is 2.25. The first kappa shape index (κ1) is 12.8. The minimum Gasteiger partial charge on any atom is -0.291 e. The van der Waals surface area contributed by atoms with E-state index in [1.165, 1.54) is 10.9 Å². The van der Waals surface area contributed by atoms with Crippen molar-refractivity contribution in [2.75, 3.05) is 0 Å². The number of thiophene rings is 1. The molecular weight excluding hydrogens is 264 g/mol. The van der Waals surface area contributed by atoms with Crippen molar-refractivity contribution in [1.82, 2.24) is 4.90 Å². The number of nitrogens with zero attached hydrogens (tertiary/aromatic N) is 1. The maximum absolute atomic E-state index is 13.7. The van der Waals surface area contributed by atoms with Gasteiger partial charge in [0.15, 0.2) is 11.6 Å². The second-order valence-corrected chi connectivity index (χ2v) is 5.96. The van der Waals surface area contributed by atoms with Crippen molar-refractivity contribution in [3.63, 3.8) is 0 Å². The fraction of sp³-hybridized carbons (Fsp3) is 0.333. The topological polar surface area (TPSA) is 3.24 Å². The number of benzene rings is 1. The average Bonchev–Trinajstić information content (AvgIpc) is 3.13. The summed E-state index contributed by atoms with van der Waals surface area (Å²) in [4.78, 5) is 3.51. The van der Waals surface area contributed by atoms with Crippen LogP contribution in [0.15, 0.2) is 35.7 Å². The quantitative estimate of drug-likeness (QED) is 0.793. The van der Waals surface area contributed by atoms with E-state index in [0.29, 0.717) is 18.2 Å². The minimum atomic E-state index is -0.760. The highest BCUT2D eigenvalue weighted by Gasteiger charge is 2.29. The molecule has 1 aliphatic rings. The average molecular weight is 279 g/mol. The van der Waals surface area contributed by atoms with E-state index in [-0.39, 0.29) is 0 Å². The molecule has 1 saturated carbocycles. The number of rotatable bonds is 5. The van der Waals surface area contributed by atoms with Crippen LogP contribution in [0.2, 0.25) is 0 Å². The van der Waals surface area contributed by atoms with Crippen LogP contribution in [0.1, 0.15) is 23.3 Å². The maximum atomic E-state index is 13.7. The summed E-state index contributed by atoms with van der Waals surface area (Å²) < 4.78 is 27.0. The van der Waals surface area contributed by atoms with Gasteiger partial charge in [0, 0.05) is 29.6 Å². The fourth-order valence-corrected chi connectivity index (χ4v) is 2.98. The highest BCUT2D eigenvalue weighted by molar-refractivity contribution is 7.09. The Morgan fingerprint density at radius 3 is 2.63 bits per heavy atom. The van der Waals surface area contributed by atoms with Crippen LogP contribution in [-0.4, -0.2) is 10.9 Å². The van der Waals surface area contributed by atoms with Crippen molar-refractivity contribution in [1.29, 1.82) is 0 Å². The Kier molecular flexibility index (Phi) is 3.62. The van der Waals surface area contributed by atoms with Crippen LogP contribution in [-0.2, 0) is 13.1 Å². The smallest absolute Gasteiger partial charge is 0.163 e. The lowest BCUT2D eigenvalue weighted by atomic mass is 10.2. The molecule has 2 aromatic rings. The first-order chi connectivity index (χ1) is 9.24. The second-order valence-electron chi connectivity index (χ2n) is 4.93. The lowest BCUT2D eigenvalue weighted by Crippen LogP contribution is -2.25. The lowest BCUT2D eigenvalue weighted by molar-refractivity contribution is 0.243. The van der Waals surface area contributed by atoms with Gasteiger partial charge in [0.25, 0.3) is 0 Å². The molecule has 19 heavy (non-hydrogen) atoms. The van der Waals surface area contributed by atoms with Crippen LogP contribution in [0.3, 0.4) is 0 Å². The standard InChI is InChI=1S/C15H15F2NS/c16-14-5-1-3-11(15(14)17)9-18(12-6-7-12)10-13-4-2-8-19-13/h1-5,8,12H,6-7,9-10H2. The molecule has 1 aliphatic carbocycles. The molecule has 0 bridgehead atoms. The molecular formula is C15H15F2NS. The first-order valence-electron chi connectivity index (χ1n) is 6.43. The third-order valence-electron chi connectivity index (χ3n) is 3.41. The molecule has 1 nitrogen and oxygen atoms in total. The summed E-state index contributed by atoms with van der Waals surface area (Å²) in [5, 5.41) is 2.04. The highest BCUT2D eigenvalue weighted by atomic mass is 32.1. The van der Waals surface area contributed by atoms with Crippen molar-refractivity contribution in [2.45, 2.75) is 32.0 Å². The predicted octanol–water partition coefficient (Wildman–Crippen LogP) is 4.19. The Hall–Kier alpha value is -1.26. The summed E-state index contributed by atoms with van der Waals surface area (Å²) in [6.45, 7) is 1.30. The van der Waals surface area contributed by atoms with Gasteiger partial charge in [-0.15, -0.1) is 11.3 Å². The summed E-state index contributed by atoms with van der Waals surface area (Å²) >= 11 is 1.70. The first-order valence-corrected chi connectivity index (χ1v) is 7.31. The van der Waals surface area contributed by atoms with Gasteiger partial charge in [-0.3, -0.25) is 4.90 Å². The van der Waals surface area contributed by atoms with Crippen molar-refractivity contribution >= 4 is 11.3 Å². The Bertz CT molecular complexity index is 549. The molecule has 0 amide bonds.